The third kappa shape index (κ3) is 2.94. The summed E-state index contributed by atoms with van der Waals surface area (Å²) >= 11 is 5.81. The largest absolute Gasteiger partial charge is 0.354 e. The molecule has 1 aliphatic heterocycles. The van der Waals surface area contributed by atoms with Crippen LogP contribution in [-0.4, -0.2) is 47.0 Å². The van der Waals surface area contributed by atoms with Gasteiger partial charge < -0.3 is 15.5 Å². The van der Waals surface area contributed by atoms with E-state index in [9.17, 15) is 4.79 Å². The molecule has 7 nitrogen and oxygen atoms in total. The van der Waals surface area contributed by atoms with Crippen molar-refractivity contribution >= 4 is 29.4 Å². The second-order valence-electron chi connectivity index (χ2n) is 3.53. The van der Waals surface area contributed by atoms with Crippen molar-refractivity contribution < 1.29 is 4.79 Å². The van der Waals surface area contributed by atoms with Gasteiger partial charge in [-0.1, -0.05) is 0 Å². The van der Waals surface area contributed by atoms with Crippen molar-refractivity contribution in [2.75, 3.05) is 36.4 Å². The van der Waals surface area contributed by atoms with Crippen molar-refractivity contribution in [3.63, 3.8) is 0 Å². The van der Waals surface area contributed by atoms with Gasteiger partial charge in [0.15, 0.2) is 0 Å². The highest BCUT2D eigenvalue weighted by Gasteiger charge is 2.19. The number of hydrogen-bond acceptors (Lipinski definition) is 6. The number of aromatic nitrogens is 3. The number of nitrogens with zero attached hydrogens (tertiary/aromatic N) is 4. The third-order valence-electron chi connectivity index (χ3n) is 2.25. The molecule has 0 aliphatic carbocycles. The Hall–Kier alpha value is -1.63. The number of carbonyl (C=O) groups is 1. The van der Waals surface area contributed by atoms with Gasteiger partial charge in [-0.25, -0.2) is 0 Å². The summed E-state index contributed by atoms with van der Waals surface area (Å²) in [7, 11) is 0. The summed E-state index contributed by atoms with van der Waals surface area (Å²) in [5.41, 5.74) is 0. The molecule has 1 fully saturated rings. The lowest BCUT2D eigenvalue weighted by Gasteiger charge is -2.26. The summed E-state index contributed by atoms with van der Waals surface area (Å²) in [6.07, 6.45) is 0. The predicted octanol–water partition coefficient (Wildman–Crippen LogP) is -0.107. The molecule has 92 valence electrons. The Morgan fingerprint density at radius 3 is 3.00 bits per heavy atom. The lowest BCUT2D eigenvalue weighted by molar-refractivity contribution is -0.120. The van der Waals surface area contributed by atoms with Crippen LogP contribution < -0.4 is 15.5 Å². The number of nitrogens with one attached hydrogen (secondary N) is 2. The van der Waals surface area contributed by atoms with Gasteiger partial charge in [0.05, 0.1) is 6.54 Å². The fourth-order valence-corrected chi connectivity index (χ4v) is 1.68. The van der Waals surface area contributed by atoms with E-state index in [1.807, 2.05) is 6.92 Å². The van der Waals surface area contributed by atoms with E-state index >= 15 is 0 Å². The highest BCUT2D eigenvalue weighted by Crippen LogP contribution is 2.14. The highest BCUT2D eigenvalue weighted by molar-refractivity contribution is 6.28. The maximum absolute atomic E-state index is 11.3. The summed E-state index contributed by atoms with van der Waals surface area (Å²) in [6.45, 7) is 4.12. The molecule has 0 spiro atoms. The van der Waals surface area contributed by atoms with Crippen LogP contribution in [0.25, 0.3) is 0 Å². The standard InChI is InChI=1S/C9H13ClN6O/c1-2-11-8-13-7(10)14-9(15-8)16-4-3-12-6(17)5-16/h2-5H2,1H3,(H,12,17)(H,11,13,14,15). The fourth-order valence-electron chi connectivity index (χ4n) is 1.53. The van der Waals surface area contributed by atoms with Gasteiger partial charge in [-0.05, 0) is 18.5 Å². The number of anilines is 2. The van der Waals surface area contributed by atoms with Crippen molar-refractivity contribution in [2.24, 2.45) is 0 Å². The minimum Gasteiger partial charge on any atom is -0.354 e. The number of hydrogen-bond donors (Lipinski definition) is 2. The summed E-state index contributed by atoms with van der Waals surface area (Å²) < 4.78 is 0. The number of rotatable bonds is 3. The van der Waals surface area contributed by atoms with Gasteiger partial charge in [0.1, 0.15) is 0 Å². The zero-order valence-corrected chi connectivity index (χ0v) is 10.2. The van der Waals surface area contributed by atoms with Crippen molar-refractivity contribution in [1.29, 1.82) is 0 Å². The zero-order valence-electron chi connectivity index (χ0n) is 9.40. The monoisotopic (exact) mass is 256 g/mol. The number of carbonyl (C=O) groups excluding carboxylic acids is 1. The van der Waals surface area contributed by atoms with Gasteiger partial charge in [0, 0.05) is 19.6 Å². The van der Waals surface area contributed by atoms with Crippen LogP contribution >= 0.6 is 11.6 Å². The second-order valence-corrected chi connectivity index (χ2v) is 3.87. The molecular weight excluding hydrogens is 244 g/mol. The maximum atomic E-state index is 11.3. The van der Waals surface area contributed by atoms with Gasteiger partial charge in [-0.2, -0.15) is 15.0 Å². The van der Waals surface area contributed by atoms with Crippen molar-refractivity contribution in [3.05, 3.63) is 5.28 Å². The highest BCUT2D eigenvalue weighted by atomic mass is 35.5. The number of halogens is 1. The van der Waals surface area contributed by atoms with Gasteiger partial charge >= 0.3 is 0 Å². The molecule has 1 aliphatic rings. The molecule has 0 atom stereocenters. The Labute approximate surface area is 104 Å². The SMILES string of the molecule is CCNc1nc(Cl)nc(N2CCNC(=O)C2)n1. The normalized spacial score (nSPS) is 15.6. The van der Waals surface area contributed by atoms with Crippen LogP contribution in [0.2, 0.25) is 5.28 Å². The molecule has 1 saturated heterocycles. The maximum Gasteiger partial charge on any atom is 0.239 e. The molecule has 1 amide bonds. The van der Waals surface area contributed by atoms with Crippen LogP contribution in [0.3, 0.4) is 0 Å². The van der Waals surface area contributed by atoms with Gasteiger partial charge in [0.2, 0.25) is 23.1 Å². The lowest BCUT2D eigenvalue weighted by atomic mass is 10.4. The molecule has 1 aromatic rings. The van der Waals surface area contributed by atoms with E-state index < -0.39 is 0 Å². The average Bonchev–Trinajstić information content (AvgIpc) is 2.28. The Morgan fingerprint density at radius 2 is 2.29 bits per heavy atom. The molecule has 2 heterocycles. The Bertz CT molecular complexity index is 426. The summed E-state index contributed by atoms with van der Waals surface area (Å²) in [4.78, 5) is 25.2. The summed E-state index contributed by atoms with van der Waals surface area (Å²) in [5, 5.41) is 5.82. The van der Waals surface area contributed by atoms with Crippen molar-refractivity contribution in [1.82, 2.24) is 20.3 Å². The van der Waals surface area contributed by atoms with Crippen LogP contribution in [0.4, 0.5) is 11.9 Å². The van der Waals surface area contributed by atoms with E-state index in [0.29, 0.717) is 31.5 Å². The van der Waals surface area contributed by atoms with E-state index in [2.05, 4.69) is 25.6 Å². The minimum atomic E-state index is -0.0437. The zero-order chi connectivity index (χ0) is 12.3. The number of piperazine rings is 1. The topological polar surface area (TPSA) is 83.0 Å². The predicted molar refractivity (Wildman–Crippen MR) is 64.2 cm³/mol. The molecule has 8 heteroatoms. The van der Waals surface area contributed by atoms with E-state index in [1.54, 1.807) is 4.90 Å². The van der Waals surface area contributed by atoms with Crippen molar-refractivity contribution in [3.8, 4) is 0 Å². The molecule has 0 unspecified atom stereocenters. The molecule has 1 aromatic heterocycles. The minimum absolute atomic E-state index is 0.0437. The Kier molecular flexibility index (Phi) is 3.58. The van der Waals surface area contributed by atoms with E-state index in [4.69, 9.17) is 11.6 Å². The van der Waals surface area contributed by atoms with E-state index in [-0.39, 0.29) is 17.7 Å². The fraction of sp³-hybridized carbons (Fsp3) is 0.556. The average molecular weight is 257 g/mol. The Balaban J connectivity index is 2.21. The molecule has 2 N–H and O–H groups in total. The molecular formula is C9H13ClN6O. The van der Waals surface area contributed by atoms with Crippen LogP contribution in [0, 0.1) is 0 Å². The summed E-state index contributed by atoms with van der Waals surface area (Å²) in [5.74, 6) is 0.807. The molecule has 0 radical (unpaired) electrons. The first-order chi connectivity index (χ1) is 8.19. The van der Waals surface area contributed by atoms with Crippen LogP contribution in [0.15, 0.2) is 0 Å². The lowest BCUT2D eigenvalue weighted by Crippen LogP contribution is -2.48. The quantitative estimate of drug-likeness (QED) is 0.785. The molecule has 17 heavy (non-hydrogen) atoms. The first kappa shape index (κ1) is 11.8. The van der Waals surface area contributed by atoms with E-state index in [0.717, 1.165) is 0 Å². The molecule has 0 saturated carbocycles. The Morgan fingerprint density at radius 1 is 1.47 bits per heavy atom. The first-order valence-corrected chi connectivity index (χ1v) is 5.74. The van der Waals surface area contributed by atoms with Crippen LogP contribution in [0.5, 0.6) is 0 Å². The summed E-state index contributed by atoms with van der Waals surface area (Å²) in [6, 6.07) is 0. The molecule has 0 aromatic carbocycles. The van der Waals surface area contributed by atoms with Crippen molar-refractivity contribution in [2.45, 2.75) is 6.92 Å². The second kappa shape index (κ2) is 5.13. The van der Waals surface area contributed by atoms with Crippen LogP contribution in [-0.2, 0) is 4.79 Å². The van der Waals surface area contributed by atoms with Gasteiger partial charge in [-0.15, -0.1) is 0 Å². The van der Waals surface area contributed by atoms with Crippen LogP contribution in [0.1, 0.15) is 6.92 Å². The smallest absolute Gasteiger partial charge is 0.239 e. The van der Waals surface area contributed by atoms with Gasteiger partial charge in [-0.3, -0.25) is 4.79 Å². The van der Waals surface area contributed by atoms with E-state index in [1.165, 1.54) is 0 Å². The van der Waals surface area contributed by atoms with Gasteiger partial charge in [0.25, 0.3) is 0 Å². The number of amides is 1. The first-order valence-electron chi connectivity index (χ1n) is 5.36. The molecule has 0 bridgehead atoms. The molecule has 2 rings (SSSR count). The third-order valence-corrected chi connectivity index (χ3v) is 2.42.